The lowest BCUT2D eigenvalue weighted by molar-refractivity contribution is -0.222. The molecule has 16 N–H and O–H groups in total. The minimum absolute atomic E-state index is 0.136. The summed E-state index contributed by atoms with van der Waals surface area (Å²) in [5, 5.41) is 61.0. The van der Waals surface area contributed by atoms with Crippen LogP contribution in [0.15, 0.2) is 59.1 Å². The Morgan fingerprint density at radius 1 is 0.630 bits per heavy atom. The molecule has 0 spiro atoms. The van der Waals surface area contributed by atoms with Crippen LogP contribution in [0.1, 0.15) is 57.6 Å². The van der Waals surface area contributed by atoms with Gasteiger partial charge >= 0.3 is 17.9 Å². The SMILES string of the molecule is C[C@@H](O)[C@@H]1NC(=O)CNSC(=C2C(=O)OC(C)(C)OC2=O)NC(=O)[C@H](CS)NC(=O)C(CS)NC(=O)C(CC(=O)O)NC(=O)[C@H](CCCCN)NC(=O)C(Cc2ccc(O)cc2)NC(=O)CNC(=O)C(Cc2ccc(O)cc2)NC1=O. The lowest BCUT2D eigenvalue weighted by Crippen LogP contribution is -2.60. The molecule has 81 heavy (non-hydrogen) atoms. The van der Waals surface area contributed by atoms with Gasteiger partial charge in [0.15, 0.2) is 5.57 Å². The topological polar surface area (TPSA) is 451 Å². The van der Waals surface area contributed by atoms with Crippen LogP contribution in [-0.2, 0) is 79.8 Å². The zero-order valence-electron chi connectivity index (χ0n) is 43.9. The summed E-state index contributed by atoms with van der Waals surface area (Å²) in [6.45, 7) is 2.11. The summed E-state index contributed by atoms with van der Waals surface area (Å²) in [7, 11) is 0. The van der Waals surface area contributed by atoms with Crippen molar-refractivity contribution in [3.8, 4) is 11.5 Å². The van der Waals surface area contributed by atoms with Crippen molar-refractivity contribution < 1.29 is 87.4 Å². The van der Waals surface area contributed by atoms with Crippen molar-refractivity contribution in [1.29, 1.82) is 0 Å². The fraction of sp³-hybridized carbons (Fsp3) is 0.469. The molecule has 0 aromatic heterocycles. The standard InChI is InChI=1S/C49H65N11O18S3/c1-23(61)38-45(74)56-29(16-24-7-11-26(62)12-8-24)39(68)51-19-34(64)53-30(17-25-9-13-27(63)14-10-25)41(70)54-28(6-4-5-15-50)40(69)55-31(18-36(66)67)42(71)57-32(21-79)43(72)58-33(22-80)44(73)60-46(81-52-20-35(65)59-38)37-47(75)77-49(2,3)78-48(37)76/h7-14,23,28-33,38,52,61-63,79-80H,4-6,15-22,50H2,1-3H3,(H,51,68)(H,53,64)(H,54,70)(H,55,69)(H,56,74)(H,57,71)(H,58,72)(H,59,65)(H,60,73)(H,66,67)/t23-,28+,29?,30?,31?,32?,33+,38+/m1/s1. The van der Waals surface area contributed by atoms with E-state index in [9.17, 15) is 78.0 Å². The van der Waals surface area contributed by atoms with Gasteiger partial charge in [-0.1, -0.05) is 24.3 Å². The molecule has 8 atom stereocenters. The van der Waals surface area contributed by atoms with Crippen LogP contribution in [0.5, 0.6) is 11.5 Å². The summed E-state index contributed by atoms with van der Waals surface area (Å²) in [6, 6.07) is -0.776. The maximum absolute atomic E-state index is 14.2. The van der Waals surface area contributed by atoms with Crippen LogP contribution < -0.4 is 58.3 Å². The average Bonchev–Trinajstić information content (AvgIpc) is 3.39. The molecule has 2 aromatic carbocycles. The second-order valence-corrected chi connectivity index (χ2v) is 20.3. The van der Waals surface area contributed by atoms with Crippen LogP contribution >= 0.6 is 37.2 Å². The number of nitrogens with two attached hydrogens (primary N) is 1. The number of benzene rings is 2. The Balaban J connectivity index is 1.78. The van der Waals surface area contributed by atoms with Crippen molar-refractivity contribution in [2.24, 2.45) is 5.73 Å². The number of cyclic esters (lactones) is 2. The van der Waals surface area contributed by atoms with Gasteiger partial charge < -0.3 is 83.5 Å². The van der Waals surface area contributed by atoms with Crippen LogP contribution in [0, 0.1) is 0 Å². The third-order valence-electron chi connectivity index (χ3n) is 11.7. The predicted molar refractivity (Wildman–Crippen MR) is 292 cm³/mol. The highest BCUT2D eigenvalue weighted by Crippen LogP contribution is 2.27. The van der Waals surface area contributed by atoms with E-state index < -0.39 is 167 Å². The number of carboxylic acid groups (broad SMARTS) is 1. The molecule has 9 amide bonds. The molecule has 32 heteroatoms. The molecule has 2 aromatic rings. The van der Waals surface area contributed by atoms with E-state index in [1.165, 1.54) is 62.4 Å². The zero-order chi connectivity index (χ0) is 60.1. The Labute approximate surface area is 478 Å². The second kappa shape index (κ2) is 31.4. The molecule has 442 valence electrons. The molecular formula is C49H65N11O18S3. The van der Waals surface area contributed by atoms with E-state index in [1.807, 2.05) is 0 Å². The van der Waals surface area contributed by atoms with Gasteiger partial charge in [-0.05, 0) is 80.1 Å². The summed E-state index contributed by atoms with van der Waals surface area (Å²) < 4.78 is 12.9. The van der Waals surface area contributed by atoms with Crippen molar-refractivity contribution in [3.63, 3.8) is 0 Å². The second-order valence-electron chi connectivity index (χ2n) is 18.7. The van der Waals surface area contributed by atoms with Gasteiger partial charge in [0.1, 0.15) is 58.8 Å². The van der Waals surface area contributed by atoms with E-state index in [4.69, 9.17) is 15.2 Å². The molecule has 4 unspecified atom stereocenters. The largest absolute Gasteiger partial charge is 0.508 e. The first-order valence-corrected chi connectivity index (χ1v) is 27.0. The number of esters is 2. The Morgan fingerprint density at radius 2 is 1.09 bits per heavy atom. The fourth-order valence-electron chi connectivity index (χ4n) is 7.55. The normalized spacial score (nSPS) is 24.2. The Bertz CT molecular complexity index is 2680. The quantitative estimate of drug-likeness (QED) is 0.0225. The number of phenolic OH excluding ortho intramolecular Hbond substituents is 2. The maximum Gasteiger partial charge on any atom is 0.351 e. The van der Waals surface area contributed by atoms with E-state index in [-0.39, 0.29) is 43.7 Å². The Morgan fingerprint density at radius 3 is 1.60 bits per heavy atom. The number of aliphatic hydroxyl groups excluding tert-OH is 1. The summed E-state index contributed by atoms with van der Waals surface area (Å²) in [5.74, 6) is -16.9. The average molecular weight is 1190 g/mol. The summed E-state index contributed by atoms with van der Waals surface area (Å²) in [4.78, 5) is 163. The van der Waals surface area contributed by atoms with Crippen molar-refractivity contribution in [2.45, 2.75) is 113 Å². The number of ether oxygens (including phenoxy) is 2. The number of rotatable bonds is 13. The molecule has 2 heterocycles. The molecule has 0 aliphatic carbocycles. The molecule has 0 bridgehead atoms. The summed E-state index contributed by atoms with van der Waals surface area (Å²) >= 11 is 8.58. The minimum atomic E-state index is -1.93. The van der Waals surface area contributed by atoms with Gasteiger partial charge in [0.05, 0.1) is 25.6 Å². The molecular weight excluding hydrogens is 1130 g/mol. The summed E-state index contributed by atoms with van der Waals surface area (Å²) in [5.41, 5.74) is 5.56. The van der Waals surface area contributed by atoms with Gasteiger partial charge in [-0.2, -0.15) is 25.3 Å². The Kier molecular flexibility index (Phi) is 25.5. The minimum Gasteiger partial charge on any atom is -0.508 e. The number of carbonyl (C=O) groups is 12. The van der Waals surface area contributed by atoms with Gasteiger partial charge in [-0.3, -0.25) is 47.9 Å². The highest BCUT2D eigenvalue weighted by Gasteiger charge is 2.42. The highest BCUT2D eigenvalue weighted by atomic mass is 32.2. The molecule has 29 nitrogen and oxygen atoms in total. The number of nitrogens with one attached hydrogen (secondary N) is 10. The number of phenols is 2. The Hall–Kier alpha value is -7.65. The number of aliphatic hydroxyl groups is 1. The third kappa shape index (κ3) is 21.1. The first-order chi connectivity index (χ1) is 38.2. The first-order valence-electron chi connectivity index (χ1n) is 24.9. The van der Waals surface area contributed by atoms with Crippen molar-refractivity contribution in [3.05, 3.63) is 70.3 Å². The van der Waals surface area contributed by atoms with Crippen molar-refractivity contribution in [2.75, 3.05) is 31.1 Å². The highest BCUT2D eigenvalue weighted by molar-refractivity contribution is 8.01. The van der Waals surface area contributed by atoms with Gasteiger partial charge in [-0.15, -0.1) is 0 Å². The molecule has 4 rings (SSSR count). The summed E-state index contributed by atoms with van der Waals surface area (Å²) in [6.07, 6.45) is -2.93. The van der Waals surface area contributed by atoms with Crippen LogP contribution in [-0.4, -0.2) is 177 Å². The van der Waals surface area contributed by atoms with Crippen LogP contribution in [0.2, 0.25) is 0 Å². The van der Waals surface area contributed by atoms with Crippen molar-refractivity contribution in [1.82, 2.24) is 52.6 Å². The molecule has 2 aliphatic rings. The smallest absolute Gasteiger partial charge is 0.351 e. The molecule has 2 fully saturated rings. The van der Waals surface area contributed by atoms with Crippen LogP contribution in [0.4, 0.5) is 0 Å². The molecule has 2 saturated heterocycles. The number of carboxylic acids is 1. The van der Waals surface area contributed by atoms with Gasteiger partial charge in [0.25, 0.3) is 5.79 Å². The first kappa shape index (κ1) is 65.9. The number of unbranched alkanes of at least 4 members (excludes halogenated alkanes) is 1. The maximum atomic E-state index is 14.2. The zero-order valence-corrected chi connectivity index (χ0v) is 46.5. The predicted octanol–water partition coefficient (Wildman–Crippen LogP) is -4.35. The lowest BCUT2D eigenvalue weighted by atomic mass is 10.0. The number of carbonyl (C=O) groups excluding carboxylic acids is 11. The fourth-order valence-corrected chi connectivity index (χ4v) is 8.84. The van der Waals surface area contributed by atoms with Crippen LogP contribution in [0.3, 0.4) is 0 Å². The lowest BCUT2D eigenvalue weighted by Gasteiger charge is -2.31. The van der Waals surface area contributed by atoms with E-state index in [0.717, 1.165) is 6.92 Å². The van der Waals surface area contributed by atoms with E-state index >= 15 is 0 Å². The number of aliphatic carboxylic acids is 1. The molecule has 0 saturated carbocycles. The van der Waals surface area contributed by atoms with Crippen LogP contribution in [0.25, 0.3) is 0 Å². The number of hydrogen-bond donors (Lipinski definition) is 17. The van der Waals surface area contributed by atoms with E-state index in [2.05, 4.69) is 77.8 Å². The van der Waals surface area contributed by atoms with E-state index in [1.54, 1.807) is 0 Å². The van der Waals surface area contributed by atoms with Gasteiger partial charge in [-0.25, -0.2) is 14.3 Å². The monoisotopic (exact) mass is 1190 g/mol. The van der Waals surface area contributed by atoms with Gasteiger partial charge in [0.2, 0.25) is 53.2 Å². The van der Waals surface area contributed by atoms with Gasteiger partial charge in [0, 0.05) is 38.2 Å². The molecule has 0 radical (unpaired) electrons. The third-order valence-corrected chi connectivity index (χ3v) is 13.2. The number of thiol groups is 2. The number of amides is 9. The number of aromatic hydroxyl groups is 2. The van der Waals surface area contributed by atoms with Crippen molar-refractivity contribution >= 4 is 108 Å². The number of hydrogen-bond acceptors (Lipinski definition) is 22. The molecule has 2 aliphatic heterocycles. The van der Waals surface area contributed by atoms with E-state index in [0.29, 0.717) is 29.5 Å².